The molecule has 1 nitrogen and oxygen atoms in total. The second-order valence-corrected chi connectivity index (χ2v) is 1.81. The lowest BCUT2D eigenvalue weighted by atomic mass is 10.2. The average Bonchev–Trinajstić information content (AvgIpc) is 1.90. The first-order valence-corrected chi connectivity index (χ1v) is 2.95. The topological polar surface area (TPSA) is 12.4 Å². The third-order valence-electron chi connectivity index (χ3n) is 0.941. The van der Waals surface area contributed by atoms with Crippen molar-refractivity contribution < 1.29 is 0 Å². The lowest BCUT2D eigenvalue weighted by Crippen LogP contribution is -1.88. The first-order chi connectivity index (χ1) is 3.93. The maximum absolute atomic E-state index is 4.00. The van der Waals surface area contributed by atoms with E-state index in [9.17, 15) is 0 Å². The summed E-state index contributed by atoms with van der Waals surface area (Å²) in [7, 11) is 0. The van der Waals surface area contributed by atoms with Crippen molar-refractivity contribution in [2.45, 2.75) is 0 Å². The largest absolute Gasteiger partial charge is 0.288 e. The summed E-state index contributed by atoms with van der Waals surface area (Å²) in [6.45, 7) is 0.778. The molecule has 0 saturated heterocycles. The molecule has 0 saturated carbocycles. The fourth-order valence-corrected chi connectivity index (χ4v) is 0.690. The van der Waals surface area contributed by atoms with Gasteiger partial charge in [-0.05, 0) is 17.1 Å². The Labute approximate surface area is 54.2 Å². The third-order valence-corrected chi connectivity index (χ3v) is 1.27. The van der Waals surface area contributed by atoms with Crippen LogP contribution in [0.25, 0.3) is 0 Å². The lowest BCUT2D eigenvalue weighted by molar-refractivity contribution is 1.19. The fraction of sp³-hybridized carbons (Fsp3) is 0.167. The first-order valence-electron chi connectivity index (χ1n) is 2.43. The van der Waals surface area contributed by atoms with Crippen molar-refractivity contribution in [3.63, 3.8) is 0 Å². The van der Waals surface area contributed by atoms with E-state index < -0.39 is 0 Å². The molecule has 0 aromatic carbocycles. The van der Waals surface area contributed by atoms with Crippen molar-refractivity contribution in [3.8, 4) is 0 Å². The maximum Gasteiger partial charge on any atom is 0.0644 e. The Morgan fingerprint density at radius 1 is 1.75 bits per heavy atom. The highest BCUT2D eigenvalue weighted by Crippen LogP contribution is 2.01. The highest BCUT2D eigenvalue weighted by Gasteiger charge is 1.89. The highest BCUT2D eigenvalue weighted by molar-refractivity contribution is 7.83. The molecule has 0 bridgehead atoms. The molecule has 0 radical (unpaired) electrons. The van der Waals surface area contributed by atoms with Crippen molar-refractivity contribution in [1.82, 2.24) is 0 Å². The van der Waals surface area contributed by atoms with E-state index in [1.54, 1.807) is 11.6 Å². The van der Waals surface area contributed by atoms with Crippen molar-refractivity contribution in [3.05, 3.63) is 23.1 Å². The molecule has 2 heteroatoms. The van der Waals surface area contributed by atoms with Crippen LogP contribution < -0.4 is 0 Å². The molecule has 1 aliphatic heterocycles. The summed E-state index contributed by atoms with van der Waals surface area (Å²) >= 11 is 3.98. The molecule has 0 fully saturated rings. The van der Waals surface area contributed by atoms with Crippen molar-refractivity contribution in [1.29, 1.82) is 0 Å². The van der Waals surface area contributed by atoms with E-state index in [1.807, 2.05) is 12.2 Å². The quantitative estimate of drug-likeness (QED) is 0.470. The van der Waals surface area contributed by atoms with Crippen molar-refractivity contribution in [2.75, 3.05) is 6.54 Å². The summed E-state index contributed by atoms with van der Waals surface area (Å²) in [5, 5.41) is 1.77. The molecule has 0 aliphatic carbocycles. The molecule has 8 heavy (non-hydrogen) atoms. The van der Waals surface area contributed by atoms with Gasteiger partial charge in [0.2, 0.25) is 0 Å². The molecule has 0 N–H and O–H groups in total. The van der Waals surface area contributed by atoms with Crippen LogP contribution in [0.5, 0.6) is 0 Å². The van der Waals surface area contributed by atoms with Crippen LogP contribution in [0, 0.1) is 0 Å². The van der Waals surface area contributed by atoms with Crippen molar-refractivity contribution in [2.24, 2.45) is 4.99 Å². The number of allylic oxidation sites excluding steroid dienone is 1. The molecule has 1 rings (SSSR count). The SMILES string of the molecule is SC=C1C=CC=NC1. The number of hydrogen-bond donors (Lipinski definition) is 1. The number of thiol groups is 1. The lowest BCUT2D eigenvalue weighted by Gasteiger charge is -1.96. The van der Waals surface area contributed by atoms with Crippen LogP contribution in [0.3, 0.4) is 0 Å². The molecule has 0 unspecified atom stereocenters. The fourth-order valence-electron chi connectivity index (χ4n) is 0.522. The van der Waals surface area contributed by atoms with Gasteiger partial charge in [-0.25, -0.2) is 0 Å². The van der Waals surface area contributed by atoms with Crippen LogP contribution in [0.2, 0.25) is 0 Å². The monoisotopic (exact) mass is 125 g/mol. The van der Waals surface area contributed by atoms with Gasteiger partial charge in [0, 0.05) is 6.21 Å². The molecular weight excluding hydrogens is 118 g/mol. The summed E-state index contributed by atoms with van der Waals surface area (Å²) in [6.07, 6.45) is 5.70. The van der Waals surface area contributed by atoms with Gasteiger partial charge in [-0.3, -0.25) is 4.99 Å². The van der Waals surface area contributed by atoms with Gasteiger partial charge in [0.25, 0.3) is 0 Å². The van der Waals surface area contributed by atoms with Crippen molar-refractivity contribution >= 4 is 18.8 Å². The van der Waals surface area contributed by atoms with Crippen LogP contribution in [0.4, 0.5) is 0 Å². The minimum absolute atomic E-state index is 0.778. The number of rotatable bonds is 0. The zero-order valence-corrected chi connectivity index (χ0v) is 5.31. The molecule has 0 aromatic heterocycles. The smallest absolute Gasteiger partial charge is 0.0644 e. The number of aliphatic imine (C=N–C) groups is 1. The normalized spacial score (nSPS) is 22.4. The van der Waals surface area contributed by atoms with Gasteiger partial charge in [0.05, 0.1) is 6.54 Å². The summed E-state index contributed by atoms with van der Waals surface area (Å²) < 4.78 is 0. The number of hydrogen-bond acceptors (Lipinski definition) is 2. The van der Waals surface area contributed by atoms with Crippen LogP contribution in [0.1, 0.15) is 0 Å². The van der Waals surface area contributed by atoms with Gasteiger partial charge in [-0.2, -0.15) is 12.6 Å². The summed E-state index contributed by atoms with van der Waals surface area (Å²) in [5.41, 5.74) is 1.16. The van der Waals surface area contributed by atoms with Gasteiger partial charge >= 0.3 is 0 Å². The Balaban J connectivity index is 2.66. The zero-order valence-electron chi connectivity index (χ0n) is 4.41. The van der Waals surface area contributed by atoms with Crippen LogP contribution in [-0.2, 0) is 0 Å². The van der Waals surface area contributed by atoms with E-state index >= 15 is 0 Å². The molecule has 0 atom stereocenters. The van der Waals surface area contributed by atoms with E-state index in [-0.39, 0.29) is 0 Å². The second kappa shape index (κ2) is 2.72. The van der Waals surface area contributed by atoms with E-state index in [4.69, 9.17) is 0 Å². The Morgan fingerprint density at radius 2 is 2.62 bits per heavy atom. The predicted octanol–water partition coefficient (Wildman–Crippen LogP) is 1.44. The van der Waals surface area contributed by atoms with E-state index in [2.05, 4.69) is 17.6 Å². The summed E-state index contributed by atoms with van der Waals surface area (Å²) in [5.74, 6) is 0. The van der Waals surface area contributed by atoms with Crippen LogP contribution in [-0.4, -0.2) is 12.8 Å². The molecule has 0 amide bonds. The standard InChI is InChI=1S/C6H7NS/c8-5-6-2-1-3-7-4-6/h1-3,5,8H,4H2. The summed E-state index contributed by atoms with van der Waals surface area (Å²) in [6, 6.07) is 0. The van der Waals surface area contributed by atoms with E-state index in [0.29, 0.717) is 0 Å². The van der Waals surface area contributed by atoms with Gasteiger partial charge in [-0.15, -0.1) is 0 Å². The Morgan fingerprint density at radius 3 is 3.00 bits per heavy atom. The first kappa shape index (κ1) is 5.63. The van der Waals surface area contributed by atoms with Crippen LogP contribution in [0.15, 0.2) is 28.1 Å². The molecule has 0 spiro atoms. The Kier molecular flexibility index (Phi) is 1.92. The summed E-state index contributed by atoms with van der Waals surface area (Å²) in [4.78, 5) is 4.00. The molecule has 42 valence electrons. The minimum atomic E-state index is 0.778. The second-order valence-electron chi connectivity index (χ2n) is 1.55. The molecule has 0 aromatic rings. The highest BCUT2D eigenvalue weighted by atomic mass is 32.1. The zero-order chi connectivity index (χ0) is 5.82. The maximum atomic E-state index is 4.00. The van der Waals surface area contributed by atoms with Gasteiger partial charge in [0.1, 0.15) is 0 Å². The minimum Gasteiger partial charge on any atom is -0.288 e. The number of nitrogens with zero attached hydrogens (tertiary/aromatic N) is 1. The molecule has 1 heterocycles. The number of dihydropyridines is 1. The van der Waals surface area contributed by atoms with Crippen LogP contribution >= 0.6 is 12.6 Å². The van der Waals surface area contributed by atoms with Gasteiger partial charge in [-0.1, -0.05) is 6.08 Å². The van der Waals surface area contributed by atoms with E-state index in [1.165, 1.54) is 0 Å². The predicted molar refractivity (Wildman–Crippen MR) is 39.6 cm³/mol. The molecular formula is C6H7NS. The Hall–Kier alpha value is -0.500. The van der Waals surface area contributed by atoms with Gasteiger partial charge in [0.15, 0.2) is 0 Å². The van der Waals surface area contributed by atoms with Gasteiger partial charge < -0.3 is 0 Å². The Bertz CT molecular complexity index is 156. The molecule has 1 aliphatic rings. The average molecular weight is 125 g/mol. The third kappa shape index (κ3) is 1.23. The van der Waals surface area contributed by atoms with E-state index in [0.717, 1.165) is 12.1 Å².